The topological polar surface area (TPSA) is 46.7 Å². The van der Waals surface area contributed by atoms with Crippen molar-refractivity contribution in [3.8, 4) is 10.4 Å². The molecule has 3 heterocycles. The van der Waals surface area contributed by atoms with E-state index in [1.165, 1.54) is 41.2 Å². The maximum atomic E-state index is 13.1. The molecule has 2 aromatic heterocycles. The summed E-state index contributed by atoms with van der Waals surface area (Å²) in [5.41, 5.74) is 0.912. The van der Waals surface area contributed by atoms with Gasteiger partial charge in [0.15, 0.2) is 11.8 Å². The van der Waals surface area contributed by atoms with Crippen molar-refractivity contribution >= 4 is 17.2 Å². The zero-order valence-electron chi connectivity index (χ0n) is 14.9. The van der Waals surface area contributed by atoms with Gasteiger partial charge in [-0.15, -0.1) is 11.3 Å². The molecular formula is C21H22FN2O2S+. The van der Waals surface area contributed by atoms with Crippen LogP contribution in [0.25, 0.3) is 10.4 Å². The van der Waals surface area contributed by atoms with Gasteiger partial charge in [0.05, 0.1) is 30.8 Å². The van der Waals surface area contributed by atoms with Crippen LogP contribution in [0.5, 0.6) is 0 Å². The summed E-state index contributed by atoms with van der Waals surface area (Å²) < 4.78 is 18.7. The van der Waals surface area contributed by atoms with Crippen molar-refractivity contribution in [2.45, 2.75) is 18.9 Å². The van der Waals surface area contributed by atoms with Crippen LogP contribution >= 0.6 is 11.3 Å². The highest BCUT2D eigenvalue weighted by Crippen LogP contribution is 2.28. The number of halogens is 1. The molecule has 0 saturated carbocycles. The van der Waals surface area contributed by atoms with Crippen LogP contribution in [-0.4, -0.2) is 25.5 Å². The Hall–Kier alpha value is -2.44. The van der Waals surface area contributed by atoms with Gasteiger partial charge in [0, 0.05) is 17.7 Å². The monoisotopic (exact) mass is 385 g/mol. The summed E-state index contributed by atoms with van der Waals surface area (Å²) in [4.78, 5) is 15.7. The van der Waals surface area contributed by atoms with Crippen LogP contribution < -0.4 is 10.2 Å². The molecule has 1 amide bonds. The summed E-state index contributed by atoms with van der Waals surface area (Å²) in [6.07, 6.45) is 4.12. The molecule has 0 unspecified atom stereocenters. The van der Waals surface area contributed by atoms with Crippen molar-refractivity contribution in [1.29, 1.82) is 0 Å². The molecule has 4 nitrogen and oxygen atoms in total. The molecule has 0 radical (unpaired) electrons. The Bertz CT molecular complexity index is 883. The lowest BCUT2D eigenvalue weighted by Crippen LogP contribution is -3.11. The number of quaternary nitrogens is 1. The first-order valence-electron chi connectivity index (χ1n) is 9.22. The minimum absolute atomic E-state index is 0.0801. The summed E-state index contributed by atoms with van der Waals surface area (Å²) in [7, 11) is 0. The third-order valence-electron chi connectivity index (χ3n) is 5.05. The summed E-state index contributed by atoms with van der Waals surface area (Å²) in [6, 6.07) is 14.1. The number of carbonyl (C=O) groups excluding carboxylic acids is 1. The van der Waals surface area contributed by atoms with E-state index in [1.54, 1.807) is 18.4 Å². The smallest absolute Gasteiger partial charge is 0.261 e. The van der Waals surface area contributed by atoms with Crippen LogP contribution in [0.15, 0.2) is 59.2 Å². The number of hydrogen-bond acceptors (Lipinski definition) is 3. The van der Waals surface area contributed by atoms with Crippen molar-refractivity contribution in [2.75, 3.05) is 19.6 Å². The molecule has 1 saturated heterocycles. The summed E-state index contributed by atoms with van der Waals surface area (Å²) in [5, 5.41) is 3.07. The van der Waals surface area contributed by atoms with E-state index in [1.807, 2.05) is 24.3 Å². The largest absolute Gasteiger partial charge is 0.463 e. The fourth-order valence-corrected chi connectivity index (χ4v) is 4.55. The number of amides is 1. The van der Waals surface area contributed by atoms with E-state index in [-0.39, 0.29) is 17.8 Å². The van der Waals surface area contributed by atoms with Crippen LogP contribution in [0.4, 0.5) is 4.39 Å². The first-order chi connectivity index (χ1) is 13.2. The van der Waals surface area contributed by atoms with Crippen LogP contribution in [0.1, 0.15) is 34.3 Å². The van der Waals surface area contributed by atoms with Crippen LogP contribution in [0.2, 0.25) is 0 Å². The highest BCUT2D eigenvalue weighted by Gasteiger charge is 2.30. The molecular weight excluding hydrogens is 363 g/mol. The van der Waals surface area contributed by atoms with Gasteiger partial charge in [-0.2, -0.15) is 0 Å². The molecule has 3 aromatic rings. The minimum Gasteiger partial charge on any atom is -0.463 e. The number of rotatable bonds is 6. The van der Waals surface area contributed by atoms with Crippen LogP contribution in [0.3, 0.4) is 0 Å². The normalized spacial score (nSPS) is 15.7. The summed E-state index contributed by atoms with van der Waals surface area (Å²) >= 11 is 1.42. The van der Waals surface area contributed by atoms with E-state index in [2.05, 4.69) is 5.32 Å². The quantitative estimate of drug-likeness (QED) is 0.684. The number of hydrogen-bond donors (Lipinski definition) is 2. The third kappa shape index (κ3) is 4.12. The molecule has 4 rings (SSSR count). The second kappa shape index (κ2) is 8.06. The molecule has 1 aromatic carbocycles. The molecule has 27 heavy (non-hydrogen) atoms. The number of carbonyl (C=O) groups is 1. The Morgan fingerprint density at radius 2 is 1.93 bits per heavy atom. The Kier molecular flexibility index (Phi) is 5.36. The highest BCUT2D eigenvalue weighted by atomic mass is 32.1. The van der Waals surface area contributed by atoms with Gasteiger partial charge >= 0.3 is 0 Å². The summed E-state index contributed by atoms with van der Waals surface area (Å²) in [6.45, 7) is 2.76. The number of likely N-dealkylation sites (tertiary alicyclic amines) is 1. The maximum Gasteiger partial charge on any atom is 0.261 e. The average molecular weight is 385 g/mol. The fourth-order valence-electron chi connectivity index (χ4n) is 3.62. The van der Waals surface area contributed by atoms with Gasteiger partial charge in [-0.25, -0.2) is 4.39 Å². The van der Waals surface area contributed by atoms with Gasteiger partial charge in [-0.05, 0) is 42.0 Å². The molecule has 1 fully saturated rings. The summed E-state index contributed by atoms with van der Waals surface area (Å²) in [5.74, 6) is 0.579. The SMILES string of the molecule is O=C(NC[C@H](c1ccco1)[NH+]1CCCC1)c1ccc(-c2ccc(F)cc2)s1. The van der Waals surface area contributed by atoms with E-state index in [4.69, 9.17) is 4.42 Å². The molecule has 0 spiro atoms. The molecule has 0 bridgehead atoms. The van der Waals surface area contributed by atoms with E-state index < -0.39 is 0 Å². The van der Waals surface area contributed by atoms with E-state index >= 15 is 0 Å². The first kappa shape index (κ1) is 17.9. The lowest BCUT2D eigenvalue weighted by molar-refractivity contribution is -0.919. The lowest BCUT2D eigenvalue weighted by atomic mass is 10.2. The van der Waals surface area contributed by atoms with Crippen molar-refractivity contribution in [3.63, 3.8) is 0 Å². The van der Waals surface area contributed by atoms with E-state index in [0.717, 1.165) is 29.3 Å². The number of nitrogens with one attached hydrogen (secondary N) is 2. The van der Waals surface area contributed by atoms with E-state index in [0.29, 0.717) is 11.4 Å². The Morgan fingerprint density at radius 1 is 1.15 bits per heavy atom. The number of furan rings is 1. The molecule has 1 aliphatic heterocycles. The molecule has 1 atom stereocenters. The molecule has 1 aliphatic rings. The van der Waals surface area contributed by atoms with Gasteiger partial charge in [0.2, 0.25) is 0 Å². The predicted octanol–water partition coefficient (Wildman–Crippen LogP) is 3.30. The second-order valence-electron chi connectivity index (χ2n) is 6.81. The standard InChI is InChI=1S/C21H21FN2O2S/c22-16-7-5-15(6-8-16)19-9-10-20(27-19)21(25)23-14-17(18-4-3-13-26-18)24-11-1-2-12-24/h3-10,13,17H,1-2,11-12,14H2,(H,23,25)/p+1/t17-/m1/s1. The zero-order chi connectivity index (χ0) is 18.6. The molecule has 0 aliphatic carbocycles. The van der Waals surface area contributed by atoms with Gasteiger partial charge in [0.1, 0.15) is 5.82 Å². The highest BCUT2D eigenvalue weighted by molar-refractivity contribution is 7.17. The zero-order valence-corrected chi connectivity index (χ0v) is 15.7. The van der Waals surface area contributed by atoms with Crippen LogP contribution in [-0.2, 0) is 0 Å². The van der Waals surface area contributed by atoms with Crippen molar-refractivity contribution < 1.29 is 18.5 Å². The Labute approximate surface area is 161 Å². The first-order valence-corrected chi connectivity index (χ1v) is 10.0. The predicted molar refractivity (Wildman–Crippen MR) is 103 cm³/mol. The minimum atomic E-state index is -0.262. The molecule has 6 heteroatoms. The van der Waals surface area contributed by atoms with Gasteiger partial charge in [-0.1, -0.05) is 12.1 Å². The Morgan fingerprint density at radius 3 is 2.63 bits per heavy atom. The van der Waals surface area contributed by atoms with Crippen molar-refractivity contribution in [2.24, 2.45) is 0 Å². The van der Waals surface area contributed by atoms with Gasteiger partial charge < -0.3 is 14.6 Å². The van der Waals surface area contributed by atoms with Crippen LogP contribution in [0, 0.1) is 5.82 Å². The fraction of sp³-hybridized carbons (Fsp3) is 0.286. The molecule has 2 N–H and O–H groups in total. The Balaban J connectivity index is 1.43. The van der Waals surface area contributed by atoms with Crippen molar-refractivity contribution in [1.82, 2.24) is 5.32 Å². The average Bonchev–Trinajstić information content (AvgIpc) is 3.44. The lowest BCUT2D eigenvalue weighted by Gasteiger charge is -2.23. The van der Waals surface area contributed by atoms with Crippen molar-refractivity contribution in [3.05, 3.63) is 71.2 Å². The number of benzene rings is 1. The second-order valence-corrected chi connectivity index (χ2v) is 7.90. The molecule has 140 valence electrons. The van der Waals surface area contributed by atoms with Gasteiger partial charge in [-0.3, -0.25) is 4.79 Å². The third-order valence-corrected chi connectivity index (χ3v) is 6.18. The maximum absolute atomic E-state index is 13.1. The van der Waals surface area contributed by atoms with Gasteiger partial charge in [0.25, 0.3) is 5.91 Å². The van der Waals surface area contributed by atoms with E-state index in [9.17, 15) is 9.18 Å². The number of thiophene rings is 1.